The molecular weight excluding hydrogens is 186 g/mol. The van der Waals surface area contributed by atoms with Crippen molar-refractivity contribution in [3.63, 3.8) is 0 Å². The lowest BCUT2D eigenvalue weighted by atomic mass is 10.3. The summed E-state index contributed by atoms with van der Waals surface area (Å²) in [5.41, 5.74) is 0. The van der Waals surface area contributed by atoms with Crippen molar-refractivity contribution in [2.75, 3.05) is 0 Å². The molecule has 76 valence electrons. The fourth-order valence-corrected chi connectivity index (χ4v) is 1.41. The van der Waals surface area contributed by atoms with Crippen LogP contribution in [0.5, 0.6) is 5.75 Å². The fraction of sp³-hybridized carbons (Fsp3) is 0.154. The molecule has 15 heavy (non-hydrogen) atoms. The van der Waals surface area contributed by atoms with Gasteiger partial charge in [0.05, 0.1) is 0 Å². The number of pyridine rings is 1. The highest BCUT2D eigenvalue weighted by Crippen LogP contribution is 2.12. The van der Waals surface area contributed by atoms with Crippen LogP contribution in [0.4, 0.5) is 0 Å². The Morgan fingerprint density at radius 2 is 1.53 bits per heavy atom. The van der Waals surface area contributed by atoms with Crippen molar-refractivity contribution in [2.45, 2.75) is 13.2 Å². The molecule has 1 aromatic heterocycles. The third-order valence-corrected chi connectivity index (χ3v) is 2.21. The van der Waals surface area contributed by atoms with Crippen LogP contribution in [0.3, 0.4) is 0 Å². The van der Waals surface area contributed by atoms with Crippen molar-refractivity contribution >= 4 is 0 Å². The minimum atomic E-state index is 0.00796. The highest BCUT2D eigenvalue weighted by atomic mass is 16.5. The summed E-state index contributed by atoms with van der Waals surface area (Å²) in [5.74, 6) is 0.890. The Labute approximate surface area is 89.8 Å². The van der Waals surface area contributed by atoms with Crippen LogP contribution in [-0.2, 0) is 0 Å². The maximum atomic E-state index is 5.76. The van der Waals surface area contributed by atoms with Gasteiger partial charge in [0.1, 0.15) is 5.75 Å². The Morgan fingerprint density at radius 1 is 0.933 bits per heavy atom. The average Bonchev–Trinajstić information content (AvgIpc) is 2.31. The quantitative estimate of drug-likeness (QED) is 0.694. The smallest absolute Gasteiger partial charge is 0.298 e. The summed E-state index contributed by atoms with van der Waals surface area (Å²) in [5, 5.41) is 0. The van der Waals surface area contributed by atoms with E-state index in [0.29, 0.717) is 0 Å². The number of hydrogen-bond donors (Lipinski definition) is 0. The number of para-hydroxylation sites is 1. The van der Waals surface area contributed by atoms with Gasteiger partial charge in [-0.1, -0.05) is 24.3 Å². The molecule has 0 amide bonds. The molecule has 1 atom stereocenters. The van der Waals surface area contributed by atoms with Gasteiger partial charge in [0.2, 0.25) is 0 Å². The van der Waals surface area contributed by atoms with Crippen LogP contribution in [0.1, 0.15) is 13.2 Å². The molecule has 1 heterocycles. The van der Waals surface area contributed by atoms with Crippen molar-refractivity contribution in [2.24, 2.45) is 0 Å². The van der Waals surface area contributed by atoms with Gasteiger partial charge in [-0.3, -0.25) is 0 Å². The number of aromatic nitrogens is 1. The van der Waals surface area contributed by atoms with E-state index in [2.05, 4.69) is 0 Å². The number of nitrogens with zero attached hydrogens (tertiary/aromatic N) is 1. The van der Waals surface area contributed by atoms with Gasteiger partial charge in [-0.05, 0) is 12.1 Å². The lowest BCUT2D eigenvalue weighted by Gasteiger charge is -2.09. The average molecular weight is 200 g/mol. The maximum absolute atomic E-state index is 5.76. The molecular formula is C13H14NO+. The zero-order chi connectivity index (χ0) is 10.5. The summed E-state index contributed by atoms with van der Waals surface area (Å²) >= 11 is 0. The predicted octanol–water partition coefficient (Wildman–Crippen LogP) is 2.57. The van der Waals surface area contributed by atoms with E-state index in [9.17, 15) is 0 Å². The van der Waals surface area contributed by atoms with Crippen LogP contribution in [0, 0.1) is 0 Å². The van der Waals surface area contributed by atoms with Crippen LogP contribution >= 0.6 is 0 Å². The fourth-order valence-electron chi connectivity index (χ4n) is 1.41. The third-order valence-electron chi connectivity index (χ3n) is 2.21. The van der Waals surface area contributed by atoms with E-state index >= 15 is 0 Å². The van der Waals surface area contributed by atoms with E-state index in [1.165, 1.54) is 0 Å². The summed E-state index contributed by atoms with van der Waals surface area (Å²) in [7, 11) is 0. The topological polar surface area (TPSA) is 13.1 Å². The normalized spacial score (nSPS) is 12.1. The molecule has 0 aliphatic heterocycles. The molecule has 2 aromatic rings. The molecule has 0 fully saturated rings. The van der Waals surface area contributed by atoms with Crippen molar-refractivity contribution < 1.29 is 9.30 Å². The second kappa shape index (κ2) is 4.60. The van der Waals surface area contributed by atoms with Crippen molar-refractivity contribution in [3.8, 4) is 5.75 Å². The van der Waals surface area contributed by atoms with E-state index in [4.69, 9.17) is 4.74 Å². The van der Waals surface area contributed by atoms with Crippen LogP contribution in [-0.4, -0.2) is 0 Å². The van der Waals surface area contributed by atoms with E-state index in [1.807, 2.05) is 72.4 Å². The van der Waals surface area contributed by atoms with Gasteiger partial charge in [-0.15, -0.1) is 0 Å². The first-order valence-electron chi connectivity index (χ1n) is 5.04. The zero-order valence-corrected chi connectivity index (χ0v) is 8.71. The Morgan fingerprint density at radius 3 is 2.20 bits per heavy atom. The second-order valence-electron chi connectivity index (χ2n) is 3.35. The number of ether oxygens (including phenoxy) is 1. The van der Waals surface area contributed by atoms with Gasteiger partial charge in [0.25, 0.3) is 6.23 Å². The molecule has 0 spiro atoms. The van der Waals surface area contributed by atoms with E-state index in [-0.39, 0.29) is 6.23 Å². The first kappa shape index (κ1) is 9.71. The van der Waals surface area contributed by atoms with Gasteiger partial charge < -0.3 is 4.74 Å². The lowest BCUT2D eigenvalue weighted by Crippen LogP contribution is -2.39. The van der Waals surface area contributed by atoms with E-state index in [0.717, 1.165) is 5.75 Å². The molecule has 0 N–H and O–H groups in total. The lowest BCUT2D eigenvalue weighted by molar-refractivity contribution is -0.750. The molecule has 1 aromatic carbocycles. The predicted molar refractivity (Wildman–Crippen MR) is 58.4 cm³/mol. The summed E-state index contributed by atoms with van der Waals surface area (Å²) in [4.78, 5) is 0. The molecule has 1 unspecified atom stereocenters. The molecule has 2 nitrogen and oxygen atoms in total. The molecule has 2 rings (SSSR count). The molecule has 0 saturated carbocycles. The van der Waals surface area contributed by atoms with Crippen LogP contribution in [0.2, 0.25) is 0 Å². The molecule has 0 aliphatic rings. The number of hydrogen-bond acceptors (Lipinski definition) is 1. The third kappa shape index (κ3) is 2.56. The summed E-state index contributed by atoms with van der Waals surface area (Å²) in [6.07, 6.45) is 4.00. The standard InChI is InChI=1S/C13H14NO/c1-12(14-10-6-3-7-11-14)15-13-8-4-2-5-9-13/h2-12H,1H3/q+1. The van der Waals surface area contributed by atoms with Crippen molar-refractivity contribution in [1.82, 2.24) is 0 Å². The van der Waals surface area contributed by atoms with Gasteiger partial charge in [0, 0.05) is 19.1 Å². The van der Waals surface area contributed by atoms with E-state index in [1.54, 1.807) is 0 Å². The highest BCUT2D eigenvalue weighted by molar-refractivity contribution is 5.20. The largest absolute Gasteiger partial charge is 0.434 e. The molecule has 0 bridgehead atoms. The Balaban J connectivity index is 2.08. The summed E-state index contributed by atoms with van der Waals surface area (Å²) in [6.45, 7) is 2.02. The second-order valence-corrected chi connectivity index (χ2v) is 3.35. The van der Waals surface area contributed by atoms with E-state index < -0.39 is 0 Å². The minimum Gasteiger partial charge on any atom is -0.434 e. The van der Waals surface area contributed by atoms with Crippen LogP contribution in [0.15, 0.2) is 60.9 Å². The van der Waals surface area contributed by atoms with Crippen LogP contribution < -0.4 is 9.30 Å². The Bertz CT molecular complexity index is 399. The SMILES string of the molecule is CC(Oc1ccccc1)[n+]1ccccc1. The zero-order valence-electron chi connectivity index (χ0n) is 8.71. The first-order valence-corrected chi connectivity index (χ1v) is 5.04. The van der Waals surface area contributed by atoms with Gasteiger partial charge in [-0.25, -0.2) is 0 Å². The minimum absolute atomic E-state index is 0.00796. The summed E-state index contributed by atoms with van der Waals surface area (Å²) < 4.78 is 7.78. The van der Waals surface area contributed by atoms with Gasteiger partial charge in [-0.2, -0.15) is 4.57 Å². The highest BCUT2D eigenvalue weighted by Gasteiger charge is 2.11. The Kier molecular flexibility index (Phi) is 2.98. The number of rotatable bonds is 3. The molecule has 0 saturated heterocycles. The number of benzene rings is 1. The Hall–Kier alpha value is -1.83. The van der Waals surface area contributed by atoms with Crippen molar-refractivity contribution in [3.05, 3.63) is 60.9 Å². The van der Waals surface area contributed by atoms with Gasteiger partial charge in [0.15, 0.2) is 12.4 Å². The monoisotopic (exact) mass is 200 g/mol. The van der Waals surface area contributed by atoms with Gasteiger partial charge >= 0.3 is 0 Å². The first-order chi connectivity index (χ1) is 7.36. The van der Waals surface area contributed by atoms with Crippen LogP contribution in [0.25, 0.3) is 0 Å². The molecule has 2 heteroatoms. The maximum Gasteiger partial charge on any atom is 0.298 e. The molecule has 0 aliphatic carbocycles. The summed E-state index contributed by atoms with van der Waals surface area (Å²) in [6, 6.07) is 15.8. The van der Waals surface area contributed by atoms with Crippen molar-refractivity contribution in [1.29, 1.82) is 0 Å². The molecule has 0 radical (unpaired) electrons.